The Kier molecular flexibility index (Phi) is 3.86. The van der Waals surface area contributed by atoms with Crippen molar-refractivity contribution in [3.63, 3.8) is 0 Å². The van der Waals surface area contributed by atoms with Gasteiger partial charge in [0.15, 0.2) is 5.12 Å². The van der Waals surface area contributed by atoms with E-state index < -0.39 is 0 Å². The van der Waals surface area contributed by atoms with Gasteiger partial charge in [-0.2, -0.15) is 4.98 Å². The van der Waals surface area contributed by atoms with Gasteiger partial charge in [-0.1, -0.05) is 17.8 Å². The van der Waals surface area contributed by atoms with Crippen LogP contribution in [-0.4, -0.2) is 34.9 Å². The third-order valence-corrected chi connectivity index (χ3v) is 3.60. The highest BCUT2D eigenvalue weighted by molar-refractivity contribution is 8.14. The van der Waals surface area contributed by atoms with Crippen LogP contribution >= 0.6 is 11.8 Å². The molecule has 1 amide bonds. The Labute approximate surface area is 110 Å². The lowest BCUT2D eigenvalue weighted by Gasteiger charge is -2.15. The maximum atomic E-state index is 11.9. The quantitative estimate of drug-likeness (QED) is 0.829. The van der Waals surface area contributed by atoms with E-state index in [1.165, 1.54) is 25.8 Å². The van der Waals surface area contributed by atoms with Crippen molar-refractivity contribution in [2.45, 2.75) is 18.6 Å². The van der Waals surface area contributed by atoms with Gasteiger partial charge in [-0.3, -0.25) is 14.5 Å². The number of aromatic nitrogens is 1. The summed E-state index contributed by atoms with van der Waals surface area (Å²) in [6, 6.07) is 5.28. The Morgan fingerprint density at radius 3 is 3.00 bits per heavy atom. The number of carbonyl (C=O) groups excluding carboxylic acids is 2. The Bertz CT molecular complexity index is 478. The van der Waals surface area contributed by atoms with Crippen LogP contribution in [0.3, 0.4) is 0 Å². The number of anilines is 1. The molecule has 1 unspecified atom stereocenters. The molecule has 1 aromatic rings. The second-order valence-corrected chi connectivity index (χ2v) is 5.46. The highest BCUT2D eigenvalue weighted by Crippen LogP contribution is 2.28. The molecule has 2 heterocycles. The van der Waals surface area contributed by atoms with Crippen molar-refractivity contribution < 1.29 is 14.3 Å². The fourth-order valence-corrected chi connectivity index (χ4v) is 2.80. The molecule has 18 heavy (non-hydrogen) atoms. The Hall–Kier alpha value is -1.56. The molecule has 1 aromatic heterocycles. The molecule has 96 valence electrons. The van der Waals surface area contributed by atoms with Crippen LogP contribution in [0.1, 0.15) is 13.3 Å². The minimum Gasteiger partial charge on any atom is -0.481 e. The molecule has 1 saturated heterocycles. The summed E-state index contributed by atoms with van der Waals surface area (Å²) >= 11 is 1.21. The van der Waals surface area contributed by atoms with E-state index in [1.807, 2.05) is 0 Å². The van der Waals surface area contributed by atoms with Crippen molar-refractivity contribution >= 4 is 28.6 Å². The smallest absolute Gasteiger partial charge is 0.229 e. The zero-order chi connectivity index (χ0) is 13.1. The van der Waals surface area contributed by atoms with Gasteiger partial charge in [-0.05, 0) is 6.07 Å². The highest BCUT2D eigenvalue weighted by atomic mass is 32.2. The van der Waals surface area contributed by atoms with E-state index in [0.29, 0.717) is 24.7 Å². The second kappa shape index (κ2) is 5.39. The number of nitrogens with zero attached hydrogens (tertiary/aromatic N) is 2. The minimum absolute atomic E-state index is 0.00509. The summed E-state index contributed by atoms with van der Waals surface area (Å²) in [5.41, 5.74) is 0. The van der Waals surface area contributed by atoms with Crippen molar-refractivity contribution in [1.82, 2.24) is 4.98 Å². The molecule has 0 aromatic carbocycles. The number of hydrogen-bond donors (Lipinski definition) is 0. The Morgan fingerprint density at radius 1 is 1.56 bits per heavy atom. The fourth-order valence-electron chi connectivity index (χ4n) is 1.88. The van der Waals surface area contributed by atoms with Crippen LogP contribution in [0.4, 0.5) is 5.82 Å². The highest BCUT2D eigenvalue weighted by Gasteiger charge is 2.32. The fraction of sp³-hybridized carbons (Fsp3) is 0.417. The minimum atomic E-state index is -0.00509. The van der Waals surface area contributed by atoms with Gasteiger partial charge in [0.25, 0.3) is 0 Å². The van der Waals surface area contributed by atoms with E-state index in [4.69, 9.17) is 4.74 Å². The molecular formula is C12H14N2O3S. The van der Waals surface area contributed by atoms with Crippen LogP contribution in [0.2, 0.25) is 0 Å². The summed E-state index contributed by atoms with van der Waals surface area (Å²) < 4.78 is 5.03. The average molecular weight is 266 g/mol. The van der Waals surface area contributed by atoms with Crippen LogP contribution < -0.4 is 9.64 Å². The number of ether oxygens (including phenoxy) is 1. The monoisotopic (exact) mass is 266 g/mol. The lowest BCUT2D eigenvalue weighted by Crippen LogP contribution is -2.25. The third-order valence-electron chi connectivity index (χ3n) is 2.62. The molecule has 1 atom stereocenters. The first-order chi connectivity index (χ1) is 8.60. The molecular weight excluding hydrogens is 252 g/mol. The molecule has 0 bridgehead atoms. The first-order valence-corrected chi connectivity index (χ1v) is 6.46. The van der Waals surface area contributed by atoms with Gasteiger partial charge in [-0.25, -0.2) is 0 Å². The van der Waals surface area contributed by atoms with Gasteiger partial charge in [0, 0.05) is 31.2 Å². The number of amides is 1. The standard InChI is InChI=1S/C12H14N2O3S/c1-8(15)18-9-6-12(16)14(7-9)10-4-3-5-11(13-10)17-2/h3-5,9H,6-7H2,1-2H3. The molecule has 0 saturated carbocycles. The van der Waals surface area contributed by atoms with Crippen molar-refractivity contribution in [2.24, 2.45) is 0 Å². The average Bonchev–Trinajstić information content (AvgIpc) is 2.69. The maximum absolute atomic E-state index is 11.9. The number of pyridine rings is 1. The summed E-state index contributed by atoms with van der Waals surface area (Å²) in [6.07, 6.45) is 0.378. The molecule has 6 heteroatoms. The number of rotatable bonds is 3. The van der Waals surface area contributed by atoms with Crippen molar-refractivity contribution in [2.75, 3.05) is 18.6 Å². The second-order valence-electron chi connectivity index (χ2n) is 3.98. The van der Waals surface area contributed by atoms with Crippen molar-refractivity contribution in [3.05, 3.63) is 18.2 Å². The van der Waals surface area contributed by atoms with Crippen LogP contribution in [0.15, 0.2) is 18.2 Å². The van der Waals surface area contributed by atoms with Crippen molar-refractivity contribution in [1.29, 1.82) is 0 Å². The molecule has 5 nitrogen and oxygen atoms in total. The number of thioether (sulfide) groups is 1. The largest absolute Gasteiger partial charge is 0.481 e. The molecule has 1 aliphatic heterocycles. The summed E-state index contributed by atoms with van der Waals surface area (Å²) in [4.78, 5) is 28.8. The normalized spacial score (nSPS) is 19.1. The molecule has 2 rings (SSSR count). The van der Waals surface area contributed by atoms with Gasteiger partial charge in [0.05, 0.1) is 7.11 Å². The number of carbonyl (C=O) groups is 2. The van der Waals surface area contributed by atoms with E-state index in [1.54, 1.807) is 23.1 Å². The van der Waals surface area contributed by atoms with E-state index >= 15 is 0 Å². The van der Waals surface area contributed by atoms with E-state index in [2.05, 4.69) is 4.98 Å². The maximum Gasteiger partial charge on any atom is 0.229 e. The lowest BCUT2D eigenvalue weighted by molar-refractivity contribution is -0.117. The van der Waals surface area contributed by atoms with Crippen LogP contribution in [0.5, 0.6) is 5.88 Å². The van der Waals surface area contributed by atoms with Gasteiger partial charge < -0.3 is 4.74 Å². The molecule has 0 aliphatic carbocycles. The summed E-state index contributed by atoms with van der Waals surface area (Å²) in [6.45, 7) is 2.03. The molecule has 1 aliphatic rings. The third kappa shape index (κ3) is 2.81. The topological polar surface area (TPSA) is 59.5 Å². The molecule has 1 fully saturated rings. The zero-order valence-electron chi connectivity index (χ0n) is 10.3. The summed E-state index contributed by atoms with van der Waals surface area (Å²) in [7, 11) is 1.53. The van der Waals surface area contributed by atoms with Gasteiger partial charge >= 0.3 is 0 Å². The number of methoxy groups -OCH3 is 1. The van der Waals surface area contributed by atoms with Crippen LogP contribution in [0.25, 0.3) is 0 Å². The first-order valence-electron chi connectivity index (χ1n) is 5.59. The summed E-state index contributed by atoms with van der Waals surface area (Å²) in [5, 5.41) is 0.0521. The van der Waals surface area contributed by atoms with E-state index in [9.17, 15) is 9.59 Å². The van der Waals surface area contributed by atoms with Crippen LogP contribution in [-0.2, 0) is 9.59 Å². The van der Waals surface area contributed by atoms with Gasteiger partial charge in [-0.15, -0.1) is 0 Å². The van der Waals surface area contributed by atoms with E-state index in [-0.39, 0.29) is 16.3 Å². The molecule has 0 radical (unpaired) electrons. The first kappa shape index (κ1) is 12.9. The zero-order valence-corrected chi connectivity index (χ0v) is 11.1. The van der Waals surface area contributed by atoms with Crippen molar-refractivity contribution in [3.8, 4) is 5.88 Å². The van der Waals surface area contributed by atoms with Gasteiger partial charge in [0.2, 0.25) is 11.8 Å². The molecule has 0 spiro atoms. The predicted molar refractivity (Wildman–Crippen MR) is 69.8 cm³/mol. The lowest BCUT2D eigenvalue weighted by atomic mass is 10.4. The van der Waals surface area contributed by atoms with E-state index in [0.717, 1.165) is 0 Å². The predicted octanol–water partition coefficient (Wildman–Crippen LogP) is 1.48. The SMILES string of the molecule is COc1cccc(N2CC(SC(C)=O)CC2=O)n1. The summed E-state index contributed by atoms with van der Waals surface area (Å²) in [5.74, 6) is 1.04. The van der Waals surface area contributed by atoms with Gasteiger partial charge in [0.1, 0.15) is 5.82 Å². The van der Waals surface area contributed by atoms with Crippen LogP contribution in [0, 0.1) is 0 Å². The Morgan fingerprint density at radius 2 is 2.33 bits per heavy atom. The molecule has 0 N–H and O–H groups in total. The number of hydrogen-bond acceptors (Lipinski definition) is 5. The Balaban J connectivity index is 2.13.